The van der Waals surface area contributed by atoms with E-state index in [4.69, 9.17) is 4.74 Å². The fourth-order valence-electron chi connectivity index (χ4n) is 3.97. The van der Waals surface area contributed by atoms with Gasteiger partial charge >= 0.3 is 5.97 Å². The van der Waals surface area contributed by atoms with Gasteiger partial charge in [-0.05, 0) is 29.8 Å². The molecule has 0 radical (unpaired) electrons. The van der Waals surface area contributed by atoms with Crippen LogP contribution >= 0.6 is 0 Å². The number of para-hydroxylation sites is 1. The van der Waals surface area contributed by atoms with E-state index in [0.29, 0.717) is 19.4 Å². The molecule has 0 bridgehead atoms. The van der Waals surface area contributed by atoms with E-state index in [1.54, 1.807) is 4.90 Å². The lowest BCUT2D eigenvalue weighted by Gasteiger charge is -2.46. The Bertz CT molecular complexity index is 938. The summed E-state index contributed by atoms with van der Waals surface area (Å²) in [5, 5.41) is 18.6. The molecule has 2 aromatic carbocycles. The van der Waals surface area contributed by atoms with Gasteiger partial charge in [0.25, 0.3) is 0 Å². The number of hydrogen-bond donors (Lipinski definition) is 2. The van der Waals surface area contributed by atoms with Crippen molar-refractivity contribution in [1.82, 2.24) is 4.90 Å². The van der Waals surface area contributed by atoms with Crippen LogP contribution in [0.3, 0.4) is 0 Å². The summed E-state index contributed by atoms with van der Waals surface area (Å²) < 4.78 is 34.1. The van der Waals surface area contributed by atoms with Crippen LogP contribution in [0.25, 0.3) is 6.08 Å². The third-order valence-electron chi connectivity index (χ3n) is 5.36. The number of phenolic OH excluding ortho intramolecular Hbond substituents is 1. The van der Waals surface area contributed by atoms with Gasteiger partial charge in [-0.15, -0.1) is 0 Å². The second-order valence-corrected chi connectivity index (χ2v) is 7.21. The van der Waals surface area contributed by atoms with E-state index < -0.39 is 35.0 Å². The first-order chi connectivity index (χ1) is 13.4. The number of phenols is 1. The van der Waals surface area contributed by atoms with Crippen molar-refractivity contribution >= 4 is 12.0 Å². The number of hydrogen-bond acceptors (Lipinski definition) is 4. The van der Waals surface area contributed by atoms with E-state index in [9.17, 15) is 23.8 Å². The Labute approximate surface area is 160 Å². The van der Waals surface area contributed by atoms with Crippen molar-refractivity contribution in [3.8, 4) is 11.5 Å². The summed E-state index contributed by atoms with van der Waals surface area (Å²) in [7, 11) is 0. The number of rotatable bonds is 3. The Kier molecular flexibility index (Phi) is 4.55. The molecule has 2 N–H and O–H groups in total. The molecule has 1 spiro atoms. The van der Waals surface area contributed by atoms with Crippen LogP contribution in [0.4, 0.5) is 8.78 Å². The number of piperidine rings is 1. The van der Waals surface area contributed by atoms with Gasteiger partial charge in [0.1, 0.15) is 11.4 Å². The SMILES string of the molecule is O=C(O)CN1CCC2(C=Cc3ccccc3O2)CC1c1cc(F)c(O)c(F)c1. The quantitative estimate of drug-likeness (QED) is 0.840. The smallest absolute Gasteiger partial charge is 0.317 e. The van der Waals surface area contributed by atoms with Crippen molar-refractivity contribution in [1.29, 1.82) is 0 Å². The first-order valence-corrected chi connectivity index (χ1v) is 8.98. The molecule has 2 aliphatic heterocycles. The first-order valence-electron chi connectivity index (χ1n) is 8.98. The zero-order valence-corrected chi connectivity index (χ0v) is 14.9. The maximum absolute atomic E-state index is 13.9. The average Bonchev–Trinajstić information content (AvgIpc) is 2.67. The van der Waals surface area contributed by atoms with Gasteiger partial charge in [-0.2, -0.15) is 0 Å². The Balaban J connectivity index is 1.70. The highest BCUT2D eigenvalue weighted by Gasteiger charge is 2.43. The molecule has 2 aromatic rings. The van der Waals surface area contributed by atoms with Crippen LogP contribution in [0.5, 0.6) is 11.5 Å². The Hall–Kier alpha value is -2.93. The summed E-state index contributed by atoms with van der Waals surface area (Å²) >= 11 is 0. The number of nitrogens with zero attached hydrogens (tertiary/aromatic N) is 1. The van der Waals surface area contributed by atoms with Gasteiger partial charge in [-0.3, -0.25) is 9.69 Å². The number of fused-ring (bicyclic) bond motifs is 1. The summed E-state index contributed by atoms with van der Waals surface area (Å²) in [6, 6.07) is 9.09. The second-order valence-electron chi connectivity index (χ2n) is 7.21. The minimum absolute atomic E-state index is 0.259. The molecule has 4 rings (SSSR count). The summed E-state index contributed by atoms with van der Waals surface area (Å²) in [5.74, 6) is -3.49. The maximum Gasteiger partial charge on any atom is 0.317 e. The molecule has 1 fully saturated rings. The van der Waals surface area contributed by atoms with Gasteiger partial charge < -0.3 is 14.9 Å². The topological polar surface area (TPSA) is 70.0 Å². The lowest BCUT2D eigenvalue weighted by Crippen LogP contribution is -2.50. The van der Waals surface area contributed by atoms with Crippen molar-refractivity contribution in [2.45, 2.75) is 24.5 Å². The van der Waals surface area contributed by atoms with E-state index in [1.807, 2.05) is 36.4 Å². The molecule has 0 aliphatic carbocycles. The van der Waals surface area contributed by atoms with E-state index >= 15 is 0 Å². The lowest BCUT2D eigenvalue weighted by atomic mass is 9.81. The summed E-state index contributed by atoms with van der Waals surface area (Å²) in [5.41, 5.74) is 0.516. The number of benzene rings is 2. The standard InChI is InChI=1S/C21H19F2NO4/c22-15-9-14(10-16(23)20(15)27)17-11-21(7-8-24(17)12-19(25)26)6-5-13-3-1-2-4-18(13)28-21/h1-6,9-10,17,27H,7-8,11-12H2,(H,25,26). The summed E-state index contributed by atoms with van der Waals surface area (Å²) in [6.07, 6.45) is 4.77. The third-order valence-corrected chi connectivity index (χ3v) is 5.36. The van der Waals surface area contributed by atoms with Crippen LogP contribution in [0, 0.1) is 11.6 Å². The fraction of sp³-hybridized carbons (Fsp3) is 0.286. The highest BCUT2D eigenvalue weighted by atomic mass is 19.1. The lowest BCUT2D eigenvalue weighted by molar-refractivity contribution is -0.140. The van der Waals surface area contributed by atoms with Crippen molar-refractivity contribution in [2.75, 3.05) is 13.1 Å². The Morgan fingerprint density at radius 1 is 1.25 bits per heavy atom. The van der Waals surface area contributed by atoms with Crippen molar-refractivity contribution in [3.05, 3.63) is 65.2 Å². The zero-order valence-electron chi connectivity index (χ0n) is 14.9. The normalized spacial score (nSPS) is 24.0. The molecular weight excluding hydrogens is 368 g/mol. The number of carboxylic acid groups (broad SMARTS) is 1. The van der Waals surface area contributed by atoms with Gasteiger partial charge in [0, 0.05) is 31.0 Å². The largest absolute Gasteiger partial charge is 0.503 e. The van der Waals surface area contributed by atoms with Crippen LogP contribution in [-0.2, 0) is 4.79 Å². The van der Waals surface area contributed by atoms with Crippen LogP contribution in [0.15, 0.2) is 42.5 Å². The van der Waals surface area contributed by atoms with Crippen molar-refractivity contribution in [3.63, 3.8) is 0 Å². The molecule has 5 nitrogen and oxygen atoms in total. The zero-order chi connectivity index (χ0) is 19.9. The van der Waals surface area contributed by atoms with Gasteiger partial charge in [0.05, 0.1) is 6.54 Å². The monoisotopic (exact) mass is 387 g/mol. The molecule has 2 aliphatic rings. The predicted octanol–water partition coefficient (Wildman–Crippen LogP) is 3.74. The molecule has 1 saturated heterocycles. The van der Waals surface area contributed by atoms with E-state index in [0.717, 1.165) is 23.4 Å². The number of ether oxygens (including phenoxy) is 1. The molecule has 2 atom stereocenters. The minimum Gasteiger partial charge on any atom is -0.503 e. The number of aliphatic carboxylic acids is 1. The molecule has 2 heterocycles. The van der Waals surface area contributed by atoms with Gasteiger partial charge in [0.2, 0.25) is 0 Å². The van der Waals surface area contributed by atoms with Gasteiger partial charge in [0.15, 0.2) is 17.4 Å². The summed E-state index contributed by atoms with van der Waals surface area (Å²) in [4.78, 5) is 13.0. The highest BCUT2D eigenvalue weighted by Crippen LogP contribution is 2.44. The van der Waals surface area contributed by atoms with E-state index in [-0.39, 0.29) is 12.1 Å². The Morgan fingerprint density at radius 3 is 2.68 bits per heavy atom. The average molecular weight is 387 g/mol. The van der Waals surface area contributed by atoms with E-state index in [2.05, 4.69) is 0 Å². The van der Waals surface area contributed by atoms with Crippen LogP contribution in [-0.4, -0.2) is 39.8 Å². The molecule has 146 valence electrons. The molecule has 7 heteroatoms. The van der Waals surface area contributed by atoms with Crippen molar-refractivity contribution in [2.24, 2.45) is 0 Å². The number of carboxylic acids is 1. The van der Waals surface area contributed by atoms with Gasteiger partial charge in [-0.1, -0.05) is 24.3 Å². The number of halogens is 2. The van der Waals surface area contributed by atoms with Crippen LogP contribution in [0.1, 0.15) is 30.0 Å². The molecular formula is C21H19F2NO4. The number of aromatic hydroxyl groups is 1. The molecule has 28 heavy (non-hydrogen) atoms. The van der Waals surface area contributed by atoms with Gasteiger partial charge in [-0.25, -0.2) is 8.78 Å². The molecule has 0 aromatic heterocycles. The second kappa shape index (κ2) is 6.91. The first kappa shape index (κ1) is 18.4. The molecule has 0 saturated carbocycles. The highest BCUT2D eigenvalue weighted by molar-refractivity contribution is 5.69. The molecule has 0 amide bonds. The van der Waals surface area contributed by atoms with E-state index in [1.165, 1.54) is 0 Å². The fourth-order valence-corrected chi connectivity index (χ4v) is 3.97. The Morgan fingerprint density at radius 2 is 1.96 bits per heavy atom. The maximum atomic E-state index is 13.9. The summed E-state index contributed by atoms with van der Waals surface area (Å²) in [6.45, 7) is 0.124. The third kappa shape index (κ3) is 3.33. The predicted molar refractivity (Wildman–Crippen MR) is 98.0 cm³/mol. The minimum atomic E-state index is -1.07. The molecule has 2 unspecified atom stereocenters. The number of carbonyl (C=O) groups is 1. The van der Waals surface area contributed by atoms with Crippen LogP contribution < -0.4 is 4.74 Å². The number of likely N-dealkylation sites (tertiary alicyclic amines) is 1. The van der Waals surface area contributed by atoms with Crippen molar-refractivity contribution < 1.29 is 28.5 Å². The van der Waals surface area contributed by atoms with Crippen LogP contribution in [0.2, 0.25) is 0 Å².